The summed E-state index contributed by atoms with van der Waals surface area (Å²) in [5.41, 5.74) is 0. The van der Waals surface area contributed by atoms with E-state index in [1.54, 1.807) is 0 Å². The monoisotopic (exact) mass is 333 g/mol. The summed E-state index contributed by atoms with van der Waals surface area (Å²) in [6.45, 7) is 1.16. The number of sulfonamides is 1. The van der Waals surface area contributed by atoms with Crippen LogP contribution < -0.4 is 4.72 Å². The van der Waals surface area contributed by atoms with E-state index in [4.69, 9.17) is 16.7 Å². The van der Waals surface area contributed by atoms with Crippen LogP contribution in [0.4, 0.5) is 4.79 Å². The fraction of sp³-hybridized carbons (Fsp3) is 0.500. The van der Waals surface area contributed by atoms with E-state index in [0.717, 1.165) is 0 Å². The number of piperidine rings is 1. The molecule has 1 aliphatic rings. The van der Waals surface area contributed by atoms with Crippen LogP contribution in [0.5, 0.6) is 0 Å². The maximum absolute atomic E-state index is 12.1. The molecule has 0 aromatic carbocycles. The Kier molecular flexibility index (Phi) is 5.02. The Morgan fingerprint density at radius 1 is 1.43 bits per heavy atom. The lowest BCUT2D eigenvalue weighted by Crippen LogP contribution is -2.40. The Hall–Kier alpha value is -1.38. The van der Waals surface area contributed by atoms with Gasteiger partial charge in [-0.15, -0.1) is 0 Å². The Morgan fingerprint density at radius 2 is 2.10 bits per heavy atom. The Bertz CT molecular complexity index is 597. The van der Waals surface area contributed by atoms with Gasteiger partial charge in [-0.3, -0.25) is 0 Å². The highest BCUT2D eigenvalue weighted by molar-refractivity contribution is 7.89. The van der Waals surface area contributed by atoms with Crippen LogP contribution in [0.15, 0.2) is 23.2 Å². The fourth-order valence-electron chi connectivity index (χ4n) is 2.16. The smallest absolute Gasteiger partial charge is 0.407 e. The number of carboxylic acid groups (broad SMARTS) is 1. The van der Waals surface area contributed by atoms with E-state index in [0.29, 0.717) is 32.5 Å². The first-order valence-corrected chi connectivity index (χ1v) is 8.33. The minimum atomic E-state index is -3.61. The lowest BCUT2D eigenvalue weighted by atomic mass is 9.97. The predicted molar refractivity (Wildman–Crippen MR) is 76.8 cm³/mol. The molecule has 21 heavy (non-hydrogen) atoms. The maximum atomic E-state index is 12.1. The SMILES string of the molecule is O=C(O)N1CCC(CNS(=O)(=O)c2ccc(Cl)nc2)CC1. The number of carbonyl (C=O) groups is 1. The summed E-state index contributed by atoms with van der Waals surface area (Å²) >= 11 is 5.62. The molecule has 0 radical (unpaired) electrons. The molecule has 0 saturated carbocycles. The molecule has 2 rings (SSSR count). The Balaban J connectivity index is 1.88. The van der Waals surface area contributed by atoms with Crippen molar-refractivity contribution in [1.82, 2.24) is 14.6 Å². The third kappa shape index (κ3) is 4.29. The van der Waals surface area contributed by atoms with Gasteiger partial charge < -0.3 is 10.0 Å². The molecule has 1 aromatic rings. The summed E-state index contributed by atoms with van der Waals surface area (Å²) in [6.07, 6.45) is 1.57. The topological polar surface area (TPSA) is 99.6 Å². The molecule has 0 aliphatic carbocycles. The second-order valence-electron chi connectivity index (χ2n) is 4.88. The number of hydrogen-bond acceptors (Lipinski definition) is 4. The number of nitrogens with one attached hydrogen (secondary N) is 1. The van der Waals surface area contributed by atoms with Gasteiger partial charge in [0.25, 0.3) is 0 Å². The summed E-state index contributed by atoms with van der Waals surface area (Å²) in [5.74, 6) is 0.135. The van der Waals surface area contributed by atoms with Gasteiger partial charge in [0, 0.05) is 25.8 Å². The predicted octanol–water partition coefficient (Wildman–Crippen LogP) is 1.40. The molecule has 0 atom stereocenters. The number of likely N-dealkylation sites (tertiary alicyclic amines) is 1. The summed E-state index contributed by atoms with van der Waals surface area (Å²) in [4.78, 5) is 15.9. The average Bonchev–Trinajstić information content (AvgIpc) is 2.46. The number of rotatable bonds is 4. The standard InChI is InChI=1S/C12H16ClN3O4S/c13-11-2-1-10(8-14-11)21(19,20)15-7-9-3-5-16(6-4-9)12(17)18/h1-2,8-9,15H,3-7H2,(H,17,18). The van der Waals surface area contributed by atoms with Crippen LogP contribution in [0.25, 0.3) is 0 Å². The summed E-state index contributed by atoms with van der Waals surface area (Å²) < 4.78 is 26.7. The second-order valence-corrected chi connectivity index (χ2v) is 7.04. The number of hydrogen-bond donors (Lipinski definition) is 2. The Labute approximate surface area is 128 Å². The van der Waals surface area contributed by atoms with Gasteiger partial charge in [-0.25, -0.2) is 22.9 Å². The average molecular weight is 334 g/mol. The molecule has 1 aliphatic heterocycles. The number of pyridine rings is 1. The molecule has 1 saturated heterocycles. The lowest BCUT2D eigenvalue weighted by Gasteiger charge is -2.29. The Morgan fingerprint density at radius 3 is 2.62 bits per heavy atom. The first-order chi connectivity index (χ1) is 9.88. The molecule has 0 unspecified atom stereocenters. The lowest BCUT2D eigenvalue weighted by molar-refractivity contribution is 0.125. The molecule has 2 heterocycles. The van der Waals surface area contributed by atoms with Crippen molar-refractivity contribution in [2.75, 3.05) is 19.6 Å². The zero-order valence-corrected chi connectivity index (χ0v) is 12.8. The number of halogens is 1. The number of amides is 1. The zero-order chi connectivity index (χ0) is 15.5. The molecule has 0 spiro atoms. The normalized spacial score (nSPS) is 16.9. The van der Waals surface area contributed by atoms with Crippen LogP contribution in [0.2, 0.25) is 5.15 Å². The quantitative estimate of drug-likeness (QED) is 0.811. The molecule has 1 amide bonds. The summed E-state index contributed by atoms with van der Waals surface area (Å²) in [6, 6.07) is 2.81. The van der Waals surface area contributed by atoms with Crippen molar-refractivity contribution in [3.05, 3.63) is 23.5 Å². The highest BCUT2D eigenvalue weighted by Gasteiger charge is 2.24. The van der Waals surface area contributed by atoms with Crippen LogP contribution in [-0.2, 0) is 10.0 Å². The van der Waals surface area contributed by atoms with Gasteiger partial charge in [-0.05, 0) is 30.9 Å². The van der Waals surface area contributed by atoms with Crippen LogP contribution >= 0.6 is 11.6 Å². The molecule has 1 aromatic heterocycles. The van der Waals surface area contributed by atoms with Crippen molar-refractivity contribution in [2.45, 2.75) is 17.7 Å². The van der Waals surface area contributed by atoms with Gasteiger partial charge in [-0.1, -0.05) is 11.6 Å². The molecule has 9 heteroatoms. The van der Waals surface area contributed by atoms with E-state index in [1.165, 1.54) is 23.2 Å². The second kappa shape index (κ2) is 6.59. The van der Waals surface area contributed by atoms with Crippen LogP contribution in [-0.4, -0.2) is 49.1 Å². The highest BCUT2D eigenvalue weighted by Crippen LogP contribution is 2.17. The van der Waals surface area contributed by atoms with Gasteiger partial charge >= 0.3 is 6.09 Å². The van der Waals surface area contributed by atoms with Crippen molar-refractivity contribution >= 4 is 27.7 Å². The minimum absolute atomic E-state index is 0.0647. The van der Waals surface area contributed by atoms with E-state index in [2.05, 4.69) is 9.71 Å². The molecular formula is C12H16ClN3O4S. The van der Waals surface area contributed by atoms with E-state index in [9.17, 15) is 13.2 Å². The van der Waals surface area contributed by atoms with Crippen molar-refractivity contribution in [3.8, 4) is 0 Å². The molecule has 2 N–H and O–H groups in total. The molecule has 116 valence electrons. The van der Waals surface area contributed by atoms with Crippen molar-refractivity contribution < 1.29 is 18.3 Å². The van der Waals surface area contributed by atoms with E-state index in [1.807, 2.05) is 0 Å². The highest BCUT2D eigenvalue weighted by atomic mass is 35.5. The van der Waals surface area contributed by atoms with Crippen LogP contribution in [0, 0.1) is 5.92 Å². The zero-order valence-electron chi connectivity index (χ0n) is 11.2. The fourth-order valence-corrected chi connectivity index (χ4v) is 3.33. The molecule has 1 fully saturated rings. The van der Waals surface area contributed by atoms with E-state index in [-0.39, 0.29) is 16.0 Å². The molecular weight excluding hydrogens is 318 g/mol. The van der Waals surface area contributed by atoms with Crippen LogP contribution in [0.1, 0.15) is 12.8 Å². The molecule has 0 bridgehead atoms. The first-order valence-electron chi connectivity index (χ1n) is 6.47. The van der Waals surface area contributed by atoms with Crippen molar-refractivity contribution in [3.63, 3.8) is 0 Å². The summed E-state index contributed by atoms with van der Waals surface area (Å²) in [5, 5.41) is 9.08. The van der Waals surface area contributed by atoms with Crippen molar-refractivity contribution in [1.29, 1.82) is 0 Å². The molecule has 7 nitrogen and oxygen atoms in total. The minimum Gasteiger partial charge on any atom is -0.465 e. The number of aromatic nitrogens is 1. The number of nitrogens with zero attached hydrogens (tertiary/aromatic N) is 2. The van der Waals surface area contributed by atoms with Crippen LogP contribution in [0.3, 0.4) is 0 Å². The van der Waals surface area contributed by atoms with Gasteiger partial charge in [0.15, 0.2) is 0 Å². The third-order valence-electron chi connectivity index (χ3n) is 3.46. The largest absolute Gasteiger partial charge is 0.465 e. The maximum Gasteiger partial charge on any atom is 0.407 e. The van der Waals surface area contributed by atoms with Gasteiger partial charge in [0.1, 0.15) is 10.0 Å². The van der Waals surface area contributed by atoms with E-state index < -0.39 is 16.1 Å². The third-order valence-corrected chi connectivity index (χ3v) is 5.09. The van der Waals surface area contributed by atoms with E-state index >= 15 is 0 Å². The summed E-state index contributed by atoms with van der Waals surface area (Å²) in [7, 11) is -3.61. The first kappa shape index (κ1) is 16.0. The van der Waals surface area contributed by atoms with Gasteiger partial charge in [-0.2, -0.15) is 0 Å². The van der Waals surface area contributed by atoms with Crippen molar-refractivity contribution in [2.24, 2.45) is 5.92 Å². The van der Waals surface area contributed by atoms with Gasteiger partial charge in [0.05, 0.1) is 0 Å². The van der Waals surface area contributed by atoms with Gasteiger partial charge in [0.2, 0.25) is 10.0 Å².